The molecule has 0 saturated carbocycles. The highest BCUT2D eigenvalue weighted by Gasteiger charge is 2.23. The molecule has 8 heteroatoms. The number of alkyl halides is 1. The number of rotatable bonds is 8. The molecule has 1 atom stereocenters. The Morgan fingerprint density at radius 1 is 1.20 bits per heavy atom. The minimum atomic E-state index is -3.78. The SMILES string of the molecule is CC(=O)NCC(C)c1cn(S(=O)(=O)c2ccc(C)cc2)c2ccc(OCCBr)cc12. The van der Waals surface area contributed by atoms with E-state index >= 15 is 0 Å². The molecule has 3 aromatic rings. The molecule has 3 rings (SSSR count). The summed E-state index contributed by atoms with van der Waals surface area (Å²) in [7, 11) is -3.78. The quantitative estimate of drug-likeness (QED) is 0.478. The third-order valence-electron chi connectivity index (χ3n) is 4.88. The number of halogens is 1. The predicted molar refractivity (Wildman–Crippen MR) is 122 cm³/mol. The Morgan fingerprint density at radius 3 is 2.53 bits per heavy atom. The van der Waals surface area contributed by atoms with E-state index in [2.05, 4.69) is 21.2 Å². The van der Waals surface area contributed by atoms with Crippen molar-refractivity contribution in [2.75, 3.05) is 18.5 Å². The summed E-state index contributed by atoms with van der Waals surface area (Å²) < 4.78 is 33.8. The Bertz CT molecular complexity index is 1150. The van der Waals surface area contributed by atoms with Crippen LogP contribution in [0.1, 0.15) is 30.9 Å². The van der Waals surface area contributed by atoms with E-state index in [1.54, 1.807) is 42.6 Å². The third-order valence-corrected chi connectivity index (χ3v) is 6.90. The van der Waals surface area contributed by atoms with Crippen LogP contribution < -0.4 is 10.1 Å². The number of benzene rings is 2. The monoisotopic (exact) mass is 492 g/mol. The fourth-order valence-electron chi connectivity index (χ4n) is 3.27. The number of aromatic nitrogens is 1. The largest absolute Gasteiger partial charge is 0.493 e. The summed E-state index contributed by atoms with van der Waals surface area (Å²) in [5.41, 5.74) is 2.40. The van der Waals surface area contributed by atoms with Crippen molar-refractivity contribution in [2.45, 2.75) is 31.6 Å². The number of fused-ring (bicyclic) bond motifs is 1. The maximum Gasteiger partial charge on any atom is 0.268 e. The lowest BCUT2D eigenvalue weighted by Gasteiger charge is -2.11. The number of carbonyl (C=O) groups excluding carboxylic acids is 1. The van der Waals surface area contributed by atoms with Crippen molar-refractivity contribution in [2.24, 2.45) is 0 Å². The van der Waals surface area contributed by atoms with Gasteiger partial charge in [0.15, 0.2) is 0 Å². The summed E-state index contributed by atoms with van der Waals surface area (Å²) in [5, 5.41) is 4.29. The van der Waals surface area contributed by atoms with E-state index in [0.717, 1.165) is 16.5 Å². The molecule has 0 aliphatic carbocycles. The first kappa shape index (κ1) is 22.4. The van der Waals surface area contributed by atoms with E-state index in [0.29, 0.717) is 29.7 Å². The van der Waals surface area contributed by atoms with Gasteiger partial charge in [0.05, 0.1) is 17.0 Å². The molecular formula is C22H25BrN2O4S. The lowest BCUT2D eigenvalue weighted by atomic mass is 10.0. The predicted octanol–water partition coefficient (Wildman–Crippen LogP) is 4.20. The second-order valence-corrected chi connectivity index (χ2v) is 9.86. The molecule has 1 aromatic heterocycles. The van der Waals surface area contributed by atoms with Crippen molar-refractivity contribution in [3.8, 4) is 5.75 Å². The summed E-state index contributed by atoms with van der Waals surface area (Å²) in [5.74, 6) is 0.455. The van der Waals surface area contributed by atoms with Crippen LogP contribution in [-0.4, -0.2) is 36.8 Å². The highest BCUT2D eigenvalue weighted by Crippen LogP contribution is 2.33. The van der Waals surface area contributed by atoms with Gasteiger partial charge in [-0.25, -0.2) is 12.4 Å². The first-order valence-corrected chi connectivity index (χ1v) is 12.2. The molecule has 2 aromatic carbocycles. The zero-order valence-electron chi connectivity index (χ0n) is 17.2. The van der Waals surface area contributed by atoms with Gasteiger partial charge in [0.1, 0.15) is 5.75 Å². The summed E-state index contributed by atoms with van der Waals surface area (Å²) >= 11 is 3.34. The van der Waals surface area contributed by atoms with Gasteiger partial charge in [-0.15, -0.1) is 0 Å². The van der Waals surface area contributed by atoms with E-state index in [1.165, 1.54) is 10.9 Å². The van der Waals surface area contributed by atoms with Gasteiger partial charge in [0.25, 0.3) is 10.0 Å². The zero-order valence-corrected chi connectivity index (χ0v) is 19.6. The van der Waals surface area contributed by atoms with Gasteiger partial charge in [0, 0.05) is 36.3 Å². The molecule has 0 bridgehead atoms. The maximum atomic E-state index is 13.4. The van der Waals surface area contributed by atoms with Gasteiger partial charge in [-0.05, 0) is 42.8 Å². The van der Waals surface area contributed by atoms with E-state index in [-0.39, 0.29) is 16.7 Å². The maximum absolute atomic E-state index is 13.4. The Kier molecular flexibility index (Phi) is 6.88. The number of ether oxygens (including phenoxy) is 1. The molecule has 0 spiro atoms. The molecule has 1 heterocycles. The number of nitrogens with one attached hydrogen (secondary N) is 1. The molecule has 30 heavy (non-hydrogen) atoms. The van der Waals surface area contributed by atoms with Crippen LogP contribution in [0.3, 0.4) is 0 Å². The molecule has 160 valence electrons. The van der Waals surface area contributed by atoms with Crippen LogP contribution in [0.4, 0.5) is 0 Å². The fourth-order valence-corrected chi connectivity index (χ4v) is 4.81. The average molecular weight is 493 g/mol. The molecule has 6 nitrogen and oxygen atoms in total. The van der Waals surface area contributed by atoms with Crippen LogP contribution in [0.15, 0.2) is 53.6 Å². The Balaban J connectivity index is 2.14. The number of hydrogen-bond acceptors (Lipinski definition) is 4. The van der Waals surface area contributed by atoms with Crippen LogP contribution in [0.2, 0.25) is 0 Å². The molecule has 0 aliphatic heterocycles. The number of amides is 1. The number of carbonyl (C=O) groups is 1. The molecule has 0 aliphatic rings. The number of aryl methyl sites for hydroxylation is 1. The van der Waals surface area contributed by atoms with Crippen LogP contribution >= 0.6 is 15.9 Å². The molecule has 0 radical (unpaired) electrons. The Hall–Kier alpha value is -2.32. The van der Waals surface area contributed by atoms with Crippen LogP contribution in [0.25, 0.3) is 10.9 Å². The third kappa shape index (κ3) is 4.70. The first-order chi connectivity index (χ1) is 14.2. The molecule has 0 saturated heterocycles. The lowest BCUT2D eigenvalue weighted by molar-refractivity contribution is -0.119. The van der Waals surface area contributed by atoms with Gasteiger partial charge in [-0.3, -0.25) is 4.79 Å². The van der Waals surface area contributed by atoms with Gasteiger partial charge in [0.2, 0.25) is 5.91 Å². The van der Waals surface area contributed by atoms with Gasteiger partial charge < -0.3 is 10.1 Å². The van der Waals surface area contributed by atoms with Gasteiger partial charge in [-0.1, -0.05) is 40.5 Å². The summed E-state index contributed by atoms with van der Waals surface area (Å²) in [6.45, 7) is 6.25. The van der Waals surface area contributed by atoms with Crippen molar-refractivity contribution in [1.29, 1.82) is 0 Å². The van der Waals surface area contributed by atoms with Gasteiger partial charge >= 0.3 is 0 Å². The van der Waals surface area contributed by atoms with E-state index < -0.39 is 10.0 Å². The molecule has 1 unspecified atom stereocenters. The smallest absolute Gasteiger partial charge is 0.268 e. The van der Waals surface area contributed by atoms with Crippen molar-refractivity contribution in [3.05, 3.63) is 59.8 Å². The van der Waals surface area contributed by atoms with Crippen LogP contribution in [-0.2, 0) is 14.8 Å². The molecule has 1 amide bonds. The van der Waals surface area contributed by atoms with Crippen LogP contribution in [0.5, 0.6) is 5.75 Å². The van der Waals surface area contributed by atoms with Crippen molar-refractivity contribution < 1.29 is 17.9 Å². The normalized spacial score (nSPS) is 12.7. The molecule has 0 fully saturated rings. The minimum Gasteiger partial charge on any atom is -0.493 e. The fraction of sp³-hybridized carbons (Fsp3) is 0.318. The molecular weight excluding hydrogens is 468 g/mol. The van der Waals surface area contributed by atoms with Gasteiger partial charge in [-0.2, -0.15) is 0 Å². The minimum absolute atomic E-state index is 0.0858. The molecule has 1 N–H and O–H groups in total. The zero-order chi connectivity index (χ0) is 21.9. The van der Waals surface area contributed by atoms with E-state index in [1.807, 2.05) is 19.9 Å². The van der Waals surface area contributed by atoms with E-state index in [9.17, 15) is 13.2 Å². The number of hydrogen-bond donors (Lipinski definition) is 1. The van der Waals surface area contributed by atoms with Crippen LogP contribution in [0, 0.1) is 6.92 Å². The highest BCUT2D eigenvalue weighted by molar-refractivity contribution is 9.09. The van der Waals surface area contributed by atoms with E-state index in [4.69, 9.17) is 4.74 Å². The number of nitrogens with zero attached hydrogens (tertiary/aromatic N) is 1. The standard InChI is InChI=1S/C22H25BrN2O4S/c1-15-4-7-19(8-5-15)30(27,28)25-14-21(16(2)13-24-17(3)26)20-12-18(29-11-10-23)6-9-22(20)25/h4-9,12,14,16H,10-11,13H2,1-3H3,(H,24,26). The Morgan fingerprint density at radius 2 is 1.90 bits per heavy atom. The Labute approximate surface area is 185 Å². The first-order valence-electron chi connectivity index (χ1n) is 9.64. The summed E-state index contributed by atoms with van der Waals surface area (Å²) in [6, 6.07) is 12.2. The lowest BCUT2D eigenvalue weighted by Crippen LogP contribution is -2.24. The summed E-state index contributed by atoms with van der Waals surface area (Å²) in [4.78, 5) is 11.6. The topological polar surface area (TPSA) is 77.4 Å². The second kappa shape index (κ2) is 9.22. The average Bonchev–Trinajstić information content (AvgIpc) is 3.10. The van der Waals surface area contributed by atoms with Crippen molar-refractivity contribution in [3.63, 3.8) is 0 Å². The highest BCUT2D eigenvalue weighted by atomic mass is 79.9. The van der Waals surface area contributed by atoms with Crippen molar-refractivity contribution >= 4 is 42.8 Å². The summed E-state index contributed by atoms with van der Waals surface area (Å²) in [6.07, 6.45) is 1.65. The van der Waals surface area contributed by atoms with Crippen molar-refractivity contribution in [1.82, 2.24) is 9.29 Å². The second-order valence-electron chi connectivity index (χ2n) is 7.25.